The third kappa shape index (κ3) is 9.33. The smallest absolute Gasteiger partial charge is 0.326 e. The molecule has 0 fully saturated rings. The number of phenols is 1. The number of thioether (sulfide) groups is 1. The maximum absolute atomic E-state index is 13.8. The number of carboxylic acid groups (broad SMARTS) is 1. The van der Waals surface area contributed by atoms with E-state index in [0.29, 0.717) is 11.4 Å². The van der Waals surface area contributed by atoms with Gasteiger partial charge < -0.3 is 41.9 Å². The number of nitrogens with one attached hydrogen (secondary N) is 5. The first-order valence-corrected chi connectivity index (χ1v) is 15.7. The van der Waals surface area contributed by atoms with Crippen LogP contribution in [0.15, 0.2) is 67.3 Å². The summed E-state index contributed by atoms with van der Waals surface area (Å²) < 4.78 is 0. The first-order chi connectivity index (χ1) is 21.6. The zero-order valence-corrected chi connectivity index (χ0v) is 25.5. The maximum Gasteiger partial charge on any atom is 0.326 e. The standard InChI is InChI=1S/C31H37N7O6S/c1-45-11-10-25(29(41)38-27(31(43)44)14-20-16-33-17-35-20)36-30(42)26(13-19-15-34-24-5-3-2-4-22(19)24)37-28(40)23(32)12-18-6-8-21(39)9-7-18/h2-9,15-17,23,25-27,34,39H,10-14,32H2,1H3,(H,33,35)(H,36,42)(H,37,40)(H,38,41)(H,43,44). The summed E-state index contributed by atoms with van der Waals surface area (Å²) >= 11 is 1.47. The fourth-order valence-electron chi connectivity index (χ4n) is 4.85. The van der Waals surface area contributed by atoms with Crippen LogP contribution in [0.1, 0.15) is 23.2 Å². The number of amides is 3. The van der Waals surface area contributed by atoms with E-state index in [2.05, 4.69) is 30.9 Å². The van der Waals surface area contributed by atoms with Crippen LogP contribution in [0.3, 0.4) is 0 Å². The minimum absolute atomic E-state index is 0.0254. The van der Waals surface area contributed by atoms with Crippen molar-refractivity contribution in [3.05, 3.63) is 84.1 Å². The fourth-order valence-corrected chi connectivity index (χ4v) is 5.32. The molecule has 4 aromatic rings. The van der Waals surface area contributed by atoms with Crippen LogP contribution in [0.25, 0.3) is 10.9 Å². The van der Waals surface area contributed by atoms with Gasteiger partial charge in [-0.15, -0.1) is 0 Å². The number of para-hydroxylation sites is 1. The predicted molar refractivity (Wildman–Crippen MR) is 171 cm³/mol. The highest BCUT2D eigenvalue weighted by Crippen LogP contribution is 2.20. The molecule has 2 aromatic carbocycles. The largest absolute Gasteiger partial charge is 0.508 e. The van der Waals surface area contributed by atoms with E-state index in [-0.39, 0.29) is 31.4 Å². The van der Waals surface area contributed by atoms with Gasteiger partial charge in [0.2, 0.25) is 17.7 Å². The van der Waals surface area contributed by atoms with Crippen molar-refractivity contribution in [1.82, 2.24) is 30.9 Å². The van der Waals surface area contributed by atoms with Crippen LogP contribution in [-0.4, -0.2) is 85.0 Å². The SMILES string of the molecule is CSCCC(NC(=O)C(Cc1c[nH]c2ccccc12)NC(=O)C(N)Cc1ccc(O)cc1)C(=O)NC(Cc1cnc[nH]1)C(=O)O. The molecule has 4 rings (SSSR count). The van der Waals surface area contributed by atoms with E-state index in [1.165, 1.54) is 36.4 Å². The molecule has 0 saturated heterocycles. The van der Waals surface area contributed by atoms with E-state index in [1.807, 2.05) is 30.5 Å². The molecule has 3 amide bonds. The summed E-state index contributed by atoms with van der Waals surface area (Å²) in [6.07, 6.45) is 6.96. The topological polar surface area (TPSA) is 215 Å². The molecule has 4 unspecified atom stereocenters. The first-order valence-electron chi connectivity index (χ1n) is 14.3. The number of H-pyrrole nitrogens is 2. The molecule has 9 N–H and O–H groups in total. The highest BCUT2D eigenvalue weighted by atomic mass is 32.2. The van der Waals surface area contributed by atoms with Crippen molar-refractivity contribution in [2.24, 2.45) is 5.73 Å². The lowest BCUT2D eigenvalue weighted by atomic mass is 10.0. The Balaban J connectivity index is 1.52. The van der Waals surface area contributed by atoms with Gasteiger partial charge >= 0.3 is 5.97 Å². The minimum Gasteiger partial charge on any atom is -0.508 e. The Kier molecular flexibility index (Phi) is 11.6. The number of carbonyl (C=O) groups excluding carboxylic acids is 3. The number of nitrogens with two attached hydrogens (primary N) is 1. The first kappa shape index (κ1) is 33.1. The van der Waals surface area contributed by atoms with Crippen molar-refractivity contribution in [3.8, 4) is 5.75 Å². The molecule has 14 heteroatoms. The second-order valence-corrected chi connectivity index (χ2v) is 11.6. The summed E-state index contributed by atoms with van der Waals surface area (Å²) in [6.45, 7) is 0. The molecule has 13 nitrogen and oxygen atoms in total. The van der Waals surface area contributed by atoms with E-state index < -0.39 is 47.9 Å². The Morgan fingerprint density at radius 1 is 0.889 bits per heavy atom. The molecule has 0 aliphatic rings. The Hall–Kier alpha value is -4.82. The van der Waals surface area contributed by atoms with E-state index in [0.717, 1.165) is 22.0 Å². The number of carboxylic acids is 1. The lowest BCUT2D eigenvalue weighted by Gasteiger charge is -2.25. The molecule has 0 radical (unpaired) electrons. The molecule has 4 atom stereocenters. The number of rotatable bonds is 16. The molecule has 0 spiro atoms. The number of hydrogen-bond donors (Lipinski definition) is 8. The van der Waals surface area contributed by atoms with Crippen molar-refractivity contribution < 1.29 is 29.4 Å². The number of aliphatic carboxylic acids is 1. The van der Waals surface area contributed by atoms with Gasteiger partial charge in [-0.2, -0.15) is 11.8 Å². The number of phenolic OH excluding ortho intramolecular Hbond substituents is 1. The summed E-state index contributed by atoms with van der Waals surface area (Å²) in [6, 6.07) is 9.42. The van der Waals surface area contributed by atoms with Gasteiger partial charge in [0.1, 0.15) is 23.9 Å². The van der Waals surface area contributed by atoms with Crippen molar-refractivity contribution in [1.29, 1.82) is 0 Å². The molecule has 2 aromatic heterocycles. The van der Waals surface area contributed by atoms with E-state index in [1.54, 1.807) is 18.3 Å². The molecule has 2 heterocycles. The summed E-state index contributed by atoms with van der Waals surface area (Å²) in [7, 11) is 0. The van der Waals surface area contributed by atoms with Crippen LogP contribution in [0, 0.1) is 0 Å². The fraction of sp³-hybridized carbons (Fsp3) is 0.323. The highest BCUT2D eigenvalue weighted by molar-refractivity contribution is 7.98. The van der Waals surface area contributed by atoms with Crippen molar-refractivity contribution in [2.45, 2.75) is 49.9 Å². The second kappa shape index (κ2) is 15.8. The Labute approximate surface area is 263 Å². The molecule has 0 bridgehead atoms. The average Bonchev–Trinajstić information content (AvgIpc) is 3.69. The van der Waals surface area contributed by atoms with Gasteiger partial charge in [0.15, 0.2) is 0 Å². The van der Waals surface area contributed by atoms with E-state index >= 15 is 0 Å². The number of nitrogens with zero attached hydrogens (tertiary/aromatic N) is 1. The molecular formula is C31H37N7O6S. The van der Waals surface area contributed by atoms with Crippen molar-refractivity contribution >= 4 is 46.4 Å². The van der Waals surface area contributed by atoms with Gasteiger partial charge in [-0.3, -0.25) is 14.4 Å². The number of carbonyl (C=O) groups is 4. The number of imidazole rings is 1. The van der Waals surface area contributed by atoms with Gasteiger partial charge in [0.05, 0.1) is 12.4 Å². The summed E-state index contributed by atoms with van der Waals surface area (Å²) in [5, 5.41) is 28.2. The van der Waals surface area contributed by atoms with Gasteiger partial charge in [0.25, 0.3) is 0 Å². The molecule has 45 heavy (non-hydrogen) atoms. The van der Waals surface area contributed by atoms with Gasteiger partial charge in [-0.05, 0) is 54.2 Å². The molecule has 0 aliphatic carbocycles. The number of aromatic nitrogens is 3. The second-order valence-electron chi connectivity index (χ2n) is 10.6. The maximum atomic E-state index is 13.8. The van der Waals surface area contributed by atoms with Crippen LogP contribution < -0.4 is 21.7 Å². The number of aromatic hydroxyl groups is 1. The van der Waals surface area contributed by atoms with Crippen LogP contribution in [-0.2, 0) is 38.4 Å². The normalized spacial score (nSPS) is 13.8. The monoisotopic (exact) mass is 635 g/mol. The lowest BCUT2D eigenvalue weighted by molar-refractivity contribution is -0.142. The van der Waals surface area contributed by atoms with Crippen LogP contribution in [0.4, 0.5) is 0 Å². The lowest BCUT2D eigenvalue weighted by Crippen LogP contribution is -2.58. The van der Waals surface area contributed by atoms with Crippen LogP contribution in [0.5, 0.6) is 5.75 Å². The van der Waals surface area contributed by atoms with Crippen LogP contribution in [0.2, 0.25) is 0 Å². The zero-order valence-electron chi connectivity index (χ0n) is 24.7. The Bertz CT molecular complexity index is 1590. The Morgan fingerprint density at radius 3 is 2.27 bits per heavy atom. The minimum atomic E-state index is -1.26. The average molecular weight is 636 g/mol. The summed E-state index contributed by atoms with van der Waals surface area (Å²) in [5.41, 5.74) is 9.09. The Morgan fingerprint density at radius 2 is 1.58 bits per heavy atom. The quantitative estimate of drug-likeness (QED) is 0.0888. The van der Waals surface area contributed by atoms with E-state index in [9.17, 15) is 29.4 Å². The molecule has 0 saturated carbocycles. The van der Waals surface area contributed by atoms with Gasteiger partial charge in [0, 0.05) is 41.8 Å². The molecule has 238 valence electrons. The summed E-state index contributed by atoms with van der Waals surface area (Å²) in [4.78, 5) is 62.2. The summed E-state index contributed by atoms with van der Waals surface area (Å²) in [5.74, 6) is -2.49. The number of aromatic amines is 2. The number of hydrogen-bond acceptors (Lipinski definition) is 8. The third-order valence-electron chi connectivity index (χ3n) is 7.30. The molecule has 0 aliphatic heterocycles. The predicted octanol–water partition coefficient (Wildman–Crippen LogP) is 1.24. The van der Waals surface area contributed by atoms with Gasteiger partial charge in [-0.25, -0.2) is 9.78 Å². The van der Waals surface area contributed by atoms with Crippen molar-refractivity contribution in [2.75, 3.05) is 12.0 Å². The van der Waals surface area contributed by atoms with Crippen LogP contribution >= 0.6 is 11.8 Å². The van der Waals surface area contributed by atoms with Crippen molar-refractivity contribution in [3.63, 3.8) is 0 Å². The number of fused-ring (bicyclic) bond motifs is 1. The van der Waals surface area contributed by atoms with E-state index in [4.69, 9.17) is 5.73 Å². The number of benzene rings is 2. The zero-order chi connectivity index (χ0) is 32.3. The molecular weight excluding hydrogens is 598 g/mol. The highest BCUT2D eigenvalue weighted by Gasteiger charge is 2.31. The van der Waals surface area contributed by atoms with Gasteiger partial charge in [-0.1, -0.05) is 30.3 Å². The third-order valence-corrected chi connectivity index (χ3v) is 7.94.